The highest BCUT2D eigenvalue weighted by Gasteiger charge is 2.09. The Labute approximate surface area is 81.0 Å². The van der Waals surface area contributed by atoms with Gasteiger partial charge in [0.05, 0.1) is 37.1 Å². The number of aliphatic hydroxyl groups is 1. The molecule has 0 amide bonds. The molecule has 2 aromatic rings. The van der Waals surface area contributed by atoms with Gasteiger partial charge < -0.3 is 9.52 Å². The van der Waals surface area contributed by atoms with Crippen LogP contribution in [0.25, 0.3) is 0 Å². The molecule has 5 nitrogen and oxygen atoms in total. The summed E-state index contributed by atoms with van der Waals surface area (Å²) in [6, 6.07) is 1.85. The summed E-state index contributed by atoms with van der Waals surface area (Å²) >= 11 is 0. The van der Waals surface area contributed by atoms with Gasteiger partial charge in [-0.15, -0.1) is 5.10 Å². The zero-order valence-corrected chi connectivity index (χ0v) is 7.79. The minimum absolute atomic E-state index is 0.558. The monoisotopic (exact) mass is 193 g/mol. The number of aromatic nitrogens is 3. The summed E-state index contributed by atoms with van der Waals surface area (Å²) in [6.45, 7) is 2.25. The van der Waals surface area contributed by atoms with Crippen molar-refractivity contribution in [3.8, 4) is 0 Å². The minimum Gasteiger partial charge on any atom is -0.472 e. The third-order valence-electron chi connectivity index (χ3n) is 1.99. The third kappa shape index (κ3) is 1.67. The number of nitrogens with zero attached hydrogens (tertiary/aromatic N) is 3. The highest BCUT2D eigenvalue weighted by Crippen LogP contribution is 2.11. The van der Waals surface area contributed by atoms with E-state index in [1.165, 1.54) is 0 Å². The van der Waals surface area contributed by atoms with Crippen LogP contribution in [0.4, 0.5) is 0 Å². The van der Waals surface area contributed by atoms with E-state index >= 15 is 0 Å². The molecule has 1 atom stereocenters. The molecule has 2 aromatic heterocycles. The van der Waals surface area contributed by atoms with Crippen LogP contribution in [0.15, 0.2) is 29.2 Å². The van der Waals surface area contributed by atoms with Gasteiger partial charge in [0, 0.05) is 5.56 Å². The summed E-state index contributed by atoms with van der Waals surface area (Å²) in [5, 5.41) is 17.0. The fraction of sp³-hybridized carbons (Fsp3) is 0.333. The topological polar surface area (TPSA) is 64.1 Å². The van der Waals surface area contributed by atoms with Crippen LogP contribution < -0.4 is 0 Å². The molecular formula is C9H11N3O2. The molecule has 0 aliphatic rings. The first kappa shape index (κ1) is 8.96. The lowest BCUT2D eigenvalue weighted by Gasteiger charge is -2.05. The molecule has 0 fully saturated rings. The summed E-state index contributed by atoms with van der Waals surface area (Å²) in [5.74, 6) is 0. The molecule has 2 rings (SSSR count). The Bertz CT molecular complexity index is 392. The van der Waals surface area contributed by atoms with Gasteiger partial charge in [0.1, 0.15) is 0 Å². The Hall–Kier alpha value is -1.62. The summed E-state index contributed by atoms with van der Waals surface area (Å²) in [4.78, 5) is 0. The van der Waals surface area contributed by atoms with E-state index in [1.807, 2.05) is 6.07 Å². The quantitative estimate of drug-likeness (QED) is 0.788. The normalized spacial score (nSPS) is 13.0. The van der Waals surface area contributed by atoms with Gasteiger partial charge in [-0.25, -0.2) is 4.68 Å². The fourth-order valence-corrected chi connectivity index (χ4v) is 1.27. The lowest BCUT2D eigenvalue weighted by Crippen LogP contribution is -2.07. The van der Waals surface area contributed by atoms with Crippen LogP contribution in [0, 0.1) is 0 Å². The van der Waals surface area contributed by atoms with E-state index in [1.54, 1.807) is 30.3 Å². The number of rotatable bonds is 3. The average Bonchev–Trinajstić information content (AvgIpc) is 2.75. The van der Waals surface area contributed by atoms with E-state index in [-0.39, 0.29) is 0 Å². The Balaban J connectivity index is 2.21. The van der Waals surface area contributed by atoms with Crippen LogP contribution in [-0.2, 0) is 6.54 Å². The van der Waals surface area contributed by atoms with Gasteiger partial charge in [-0.05, 0) is 13.0 Å². The van der Waals surface area contributed by atoms with Crippen molar-refractivity contribution in [3.05, 3.63) is 36.0 Å². The molecule has 5 heteroatoms. The molecule has 0 saturated carbocycles. The van der Waals surface area contributed by atoms with Crippen molar-refractivity contribution in [2.75, 3.05) is 0 Å². The Morgan fingerprint density at radius 3 is 3.14 bits per heavy atom. The second kappa shape index (κ2) is 3.63. The largest absolute Gasteiger partial charge is 0.472 e. The maximum Gasteiger partial charge on any atom is 0.0953 e. The standard InChI is InChI=1S/C9H11N3O2/c1-7(13)9-4-10-11-12(9)5-8-2-3-14-6-8/h2-4,6-7,13H,5H2,1H3/t7-/m1/s1. The van der Waals surface area contributed by atoms with Crippen LogP contribution in [0.2, 0.25) is 0 Å². The average molecular weight is 193 g/mol. The molecule has 0 aliphatic carbocycles. The second-order valence-corrected chi connectivity index (χ2v) is 3.12. The lowest BCUT2D eigenvalue weighted by atomic mass is 10.3. The molecule has 0 spiro atoms. The minimum atomic E-state index is -0.558. The number of hydrogen-bond acceptors (Lipinski definition) is 4. The van der Waals surface area contributed by atoms with E-state index in [0.29, 0.717) is 12.2 Å². The molecule has 1 N–H and O–H groups in total. The van der Waals surface area contributed by atoms with Gasteiger partial charge in [0.25, 0.3) is 0 Å². The van der Waals surface area contributed by atoms with Crippen molar-refractivity contribution < 1.29 is 9.52 Å². The van der Waals surface area contributed by atoms with E-state index in [0.717, 1.165) is 5.56 Å². The van der Waals surface area contributed by atoms with Crippen molar-refractivity contribution in [1.82, 2.24) is 15.0 Å². The fourth-order valence-electron chi connectivity index (χ4n) is 1.27. The number of furan rings is 1. The Morgan fingerprint density at radius 1 is 1.64 bits per heavy atom. The molecule has 2 heterocycles. The van der Waals surface area contributed by atoms with Crippen molar-refractivity contribution >= 4 is 0 Å². The molecule has 0 bridgehead atoms. The first-order valence-corrected chi connectivity index (χ1v) is 4.35. The van der Waals surface area contributed by atoms with Crippen LogP contribution in [0.5, 0.6) is 0 Å². The summed E-state index contributed by atoms with van der Waals surface area (Å²) < 4.78 is 6.59. The highest BCUT2D eigenvalue weighted by molar-refractivity contribution is 5.08. The summed E-state index contributed by atoms with van der Waals surface area (Å²) in [6.07, 6.45) is 4.25. The Morgan fingerprint density at radius 2 is 2.50 bits per heavy atom. The first-order chi connectivity index (χ1) is 6.77. The molecule has 0 saturated heterocycles. The van der Waals surface area contributed by atoms with Gasteiger partial charge in [-0.2, -0.15) is 0 Å². The van der Waals surface area contributed by atoms with Crippen LogP contribution in [0.3, 0.4) is 0 Å². The van der Waals surface area contributed by atoms with Crippen molar-refractivity contribution in [3.63, 3.8) is 0 Å². The molecular weight excluding hydrogens is 182 g/mol. The SMILES string of the molecule is C[C@@H](O)c1cnnn1Cc1ccoc1. The van der Waals surface area contributed by atoms with Crippen LogP contribution in [0.1, 0.15) is 24.3 Å². The zero-order chi connectivity index (χ0) is 9.97. The molecule has 14 heavy (non-hydrogen) atoms. The van der Waals surface area contributed by atoms with Crippen molar-refractivity contribution in [1.29, 1.82) is 0 Å². The summed E-state index contributed by atoms with van der Waals surface area (Å²) in [5.41, 5.74) is 1.70. The smallest absolute Gasteiger partial charge is 0.0953 e. The predicted molar refractivity (Wildman–Crippen MR) is 48.5 cm³/mol. The van der Waals surface area contributed by atoms with E-state index in [4.69, 9.17) is 4.42 Å². The number of hydrogen-bond donors (Lipinski definition) is 1. The van der Waals surface area contributed by atoms with Crippen molar-refractivity contribution in [2.24, 2.45) is 0 Å². The zero-order valence-electron chi connectivity index (χ0n) is 7.79. The van der Waals surface area contributed by atoms with Gasteiger partial charge in [0.2, 0.25) is 0 Å². The van der Waals surface area contributed by atoms with Crippen LogP contribution >= 0.6 is 0 Å². The molecule has 74 valence electrons. The summed E-state index contributed by atoms with van der Waals surface area (Å²) in [7, 11) is 0. The highest BCUT2D eigenvalue weighted by atomic mass is 16.3. The second-order valence-electron chi connectivity index (χ2n) is 3.12. The lowest BCUT2D eigenvalue weighted by molar-refractivity contribution is 0.188. The Kier molecular flexibility index (Phi) is 2.32. The van der Waals surface area contributed by atoms with E-state index in [9.17, 15) is 5.11 Å². The first-order valence-electron chi connectivity index (χ1n) is 4.35. The molecule has 0 aromatic carbocycles. The number of aliphatic hydroxyl groups excluding tert-OH is 1. The van der Waals surface area contributed by atoms with E-state index < -0.39 is 6.10 Å². The van der Waals surface area contributed by atoms with Crippen molar-refractivity contribution in [2.45, 2.75) is 19.6 Å². The molecule has 0 unspecified atom stereocenters. The van der Waals surface area contributed by atoms with Gasteiger partial charge in [0.15, 0.2) is 0 Å². The van der Waals surface area contributed by atoms with Gasteiger partial charge >= 0.3 is 0 Å². The van der Waals surface area contributed by atoms with E-state index in [2.05, 4.69) is 10.3 Å². The van der Waals surface area contributed by atoms with Crippen LogP contribution in [-0.4, -0.2) is 20.1 Å². The third-order valence-corrected chi connectivity index (χ3v) is 1.99. The molecule has 0 radical (unpaired) electrons. The maximum absolute atomic E-state index is 9.40. The maximum atomic E-state index is 9.40. The van der Waals surface area contributed by atoms with Gasteiger partial charge in [-0.3, -0.25) is 0 Å². The predicted octanol–water partition coefficient (Wildman–Crippen LogP) is 0.973. The molecule has 0 aliphatic heterocycles. The van der Waals surface area contributed by atoms with Gasteiger partial charge in [-0.1, -0.05) is 5.21 Å².